The minimum absolute atomic E-state index is 0.0457. The average Bonchev–Trinajstić information content (AvgIpc) is 3.32. The third kappa shape index (κ3) is 7.21. The Morgan fingerprint density at radius 1 is 1.20 bits per heavy atom. The number of nitrogens with zero attached hydrogens (tertiary/aromatic N) is 3. The number of hydrogen-bond acceptors (Lipinski definition) is 7. The Balaban J connectivity index is 1.61. The molecule has 2 saturated heterocycles. The predicted molar refractivity (Wildman–Crippen MR) is 164 cm³/mol. The first kappa shape index (κ1) is 30.9. The summed E-state index contributed by atoms with van der Waals surface area (Å²) in [5, 5.41) is 4.76. The normalized spacial score (nSPS) is 21.2. The number of nitrogens with one attached hydrogen (secondary N) is 1. The summed E-state index contributed by atoms with van der Waals surface area (Å²) in [4.78, 5) is 19.5. The lowest BCUT2D eigenvalue weighted by molar-refractivity contribution is 0.00578. The predicted octanol–water partition coefficient (Wildman–Crippen LogP) is 5.46. The number of fused-ring (bicyclic) bond motifs is 1. The van der Waals surface area contributed by atoms with Gasteiger partial charge in [-0.05, 0) is 73.4 Å². The first-order chi connectivity index (χ1) is 18.5. The second-order valence-electron chi connectivity index (χ2n) is 14.5. The van der Waals surface area contributed by atoms with Crippen LogP contribution < -0.4 is 10.8 Å². The summed E-state index contributed by atoms with van der Waals surface area (Å²) >= 11 is 0. The van der Waals surface area contributed by atoms with Crippen molar-refractivity contribution in [2.45, 2.75) is 117 Å². The Labute approximate surface area is 241 Å². The van der Waals surface area contributed by atoms with Crippen molar-refractivity contribution in [1.82, 2.24) is 14.5 Å². The summed E-state index contributed by atoms with van der Waals surface area (Å²) in [5.41, 5.74) is 1.16. The molecule has 2 aromatic heterocycles. The van der Waals surface area contributed by atoms with Crippen molar-refractivity contribution >= 4 is 43.5 Å². The Kier molecular flexibility index (Phi) is 8.72. The van der Waals surface area contributed by atoms with E-state index in [9.17, 15) is 4.79 Å². The third-order valence-electron chi connectivity index (χ3n) is 7.97. The molecular weight excluding hydrogens is 523 g/mol. The van der Waals surface area contributed by atoms with Crippen molar-refractivity contribution in [3.63, 3.8) is 0 Å². The van der Waals surface area contributed by atoms with Gasteiger partial charge in [0.15, 0.2) is 0 Å². The molecule has 2 aromatic rings. The fraction of sp³-hybridized carbons (Fsp3) is 0.724. The number of piperidine rings is 1. The third-order valence-corrected chi connectivity index (χ3v) is 9.68. The maximum atomic E-state index is 12.8. The van der Waals surface area contributed by atoms with E-state index in [-0.39, 0.29) is 12.1 Å². The number of aromatic nitrogens is 2. The fourth-order valence-electron chi connectivity index (χ4n) is 4.90. The van der Waals surface area contributed by atoms with Crippen molar-refractivity contribution in [2.75, 3.05) is 25.0 Å². The van der Waals surface area contributed by atoms with Gasteiger partial charge in [0, 0.05) is 62.7 Å². The molecule has 2 aliphatic heterocycles. The molecule has 9 nitrogen and oxygen atoms in total. The van der Waals surface area contributed by atoms with Gasteiger partial charge in [0.05, 0.1) is 11.2 Å². The van der Waals surface area contributed by atoms with E-state index in [1.54, 1.807) is 4.90 Å². The number of likely N-dealkylation sites (tertiary alicyclic amines) is 1. The van der Waals surface area contributed by atoms with Gasteiger partial charge in [0.2, 0.25) is 0 Å². The summed E-state index contributed by atoms with van der Waals surface area (Å²) < 4.78 is 26.7. The Morgan fingerprint density at radius 2 is 1.88 bits per heavy atom. The lowest BCUT2D eigenvalue weighted by Crippen LogP contribution is -2.48. The topological polar surface area (TPSA) is 87.1 Å². The van der Waals surface area contributed by atoms with Gasteiger partial charge in [-0.3, -0.25) is 0 Å². The average molecular weight is 573 g/mol. The molecule has 1 atom stereocenters. The van der Waals surface area contributed by atoms with Gasteiger partial charge in [-0.2, -0.15) is 0 Å². The van der Waals surface area contributed by atoms with Gasteiger partial charge in [-0.25, -0.2) is 9.78 Å². The minimum Gasteiger partial charge on any atom is -0.444 e. The molecule has 0 spiro atoms. The van der Waals surface area contributed by atoms with Gasteiger partial charge in [0.1, 0.15) is 18.0 Å². The number of carbonyl (C=O) groups excluding carboxylic acids is 1. The van der Waals surface area contributed by atoms with Crippen LogP contribution in [0.5, 0.6) is 0 Å². The number of carbonyl (C=O) groups is 1. The molecule has 1 N–H and O–H groups in total. The zero-order valence-electron chi connectivity index (χ0n) is 26.2. The van der Waals surface area contributed by atoms with E-state index in [1.165, 1.54) is 0 Å². The van der Waals surface area contributed by atoms with Crippen LogP contribution in [-0.4, -0.2) is 78.3 Å². The summed E-state index contributed by atoms with van der Waals surface area (Å²) in [6, 6.07) is 3.24. The van der Waals surface area contributed by atoms with Crippen molar-refractivity contribution in [1.29, 1.82) is 0 Å². The molecular formula is C29H49BN4O5Si. The SMILES string of the molecule is CC(C)(C)OC(=O)N1CCC[C@@H](Nc2c(B3OC(C)(C)C(C)(C)O3)cnc3c2ccn3COCC[Si](C)(C)C)C1. The van der Waals surface area contributed by atoms with Crippen LogP contribution in [0.1, 0.15) is 61.3 Å². The second-order valence-corrected chi connectivity index (χ2v) is 20.1. The van der Waals surface area contributed by atoms with Crippen LogP contribution in [0.25, 0.3) is 11.0 Å². The lowest BCUT2D eigenvalue weighted by Gasteiger charge is -2.35. The molecule has 0 aromatic carbocycles. The van der Waals surface area contributed by atoms with Gasteiger partial charge < -0.3 is 33.6 Å². The highest BCUT2D eigenvalue weighted by molar-refractivity contribution is 6.76. The van der Waals surface area contributed by atoms with E-state index in [1.807, 2.05) is 37.7 Å². The smallest absolute Gasteiger partial charge is 0.444 e. The number of rotatable bonds is 8. The molecule has 0 radical (unpaired) electrons. The van der Waals surface area contributed by atoms with E-state index in [2.05, 4.69) is 58.7 Å². The zero-order chi connectivity index (χ0) is 29.5. The lowest BCUT2D eigenvalue weighted by atomic mass is 9.78. The van der Waals surface area contributed by atoms with E-state index >= 15 is 0 Å². The minimum atomic E-state index is -1.17. The first-order valence-electron chi connectivity index (χ1n) is 14.6. The number of amides is 1. The standard InChI is InChI=1S/C29H49BN4O5Si/c1-27(2,3)37-26(35)33-14-11-12-21(19-33)32-24-22-13-15-34(20-36-16-17-40(8,9)10)25(22)31-18-23(24)30-38-28(4,5)29(6,7)39-30/h13,15,18,21H,11-12,14,16-17,19-20H2,1-10H3,(H,31,32)/t21-/m1/s1. The van der Waals surface area contributed by atoms with Crippen LogP contribution >= 0.6 is 0 Å². The molecule has 40 heavy (non-hydrogen) atoms. The second kappa shape index (κ2) is 11.3. The van der Waals surface area contributed by atoms with Crippen LogP contribution in [-0.2, 0) is 25.5 Å². The van der Waals surface area contributed by atoms with E-state index in [4.69, 9.17) is 23.8 Å². The first-order valence-corrected chi connectivity index (χ1v) is 18.3. The Hall–Kier alpha value is -2.08. The number of ether oxygens (including phenoxy) is 2. The maximum Gasteiger partial charge on any atom is 0.498 e. The molecule has 222 valence electrons. The van der Waals surface area contributed by atoms with Crippen LogP contribution in [0.15, 0.2) is 18.5 Å². The van der Waals surface area contributed by atoms with Gasteiger partial charge in [-0.1, -0.05) is 19.6 Å². The largest absolute Gasteiger partial charge is 0.498 e. The highest BCUT2D eigenvalue weighted by Crippen LogP contribution is 2.38. The van der Waals surface area contributed by atoms with Crippen molar-refractivity contribution < 1.29 is 23.6 Å². The molecule has 2 fully saturated rings. The van der Waals surface area contributed by atoms with E-state index < -0.39 is 32.0 Å². The summed E-state index contributed by atoms with van der Waals surface area (Å²) in [6.07, 6.45) is 5.45. The molecule has 0 aliphatic carbocycles. The Morgan fingerprint density at radius 3 is 2.50 bits per heavy atom. The Bertz CT molecular complexity index is 1190. The number of hydrogen-bond donors (Lipinski definition) is 1. The molecule has 11 heteroatoms. The zero-order valence-corrected chi connectivity index (χ0v) is 27.2. The number of pyridine rings is 1. The molecule has 0 bridgehead atoms. The molecule has 0 unspecified atom stereocenters. The molecule has 1 amide bonds. The van der Waals surface area contributed by atoms with E-state index in [0.717, 1.165) is 47.7 Å². The monoisotopic (exact) mass is 572 g/mol. The van der Waals surface area contributed by atoms with Gasteiger partial charge in [-0.15, -0.1) is 0 Å². The quantitative estimate of drug-likeness (QED) is 0.332. The van der Waals surface area contributed by atoms with Crippen LogP contribution in [0, 0.1) is 0 Å². The van der Waals surface area contributed by atoms with Crippen LogP contribution in [0.2, 0.25) is 25.7 Å². The van der Waals surface area contributed by atoms with E-state index in [0.29, 0.717) is 19.8 Å². The molecule has 4 rings (SSSR count). The summed E-state index contributed by atoms with van der Waals surface area (Å²) in [5.74, 6) is 0. The highest BCUT2D eigenvalue weighted by Gasteiger charge is 2.52. The highest BCUT2D eigenvalue weighted by atomic mass is 28.3. The summed E-state index contributed by atoms with van der Waals surface area (Å²) in [7, 11) is -1.73. The van der Waals surface area contributed by atoms with Gasteiger partial charge >= 0.3 is 13.2 Å². The van der Waals surface area contributed by atoms with Crippen molar-refractivity contribution in [3.8, 4) is 0 Å². The van der Waals surface area contributed by atoms with Gasteiger partial charge in [0.25, 0.3) is 0 Å². The summed E-state index contributed by atoms with van der Waals surface area (Å²) in [6.45, 7) is 23.4. The van der Waals surface area contributed by atoms with Crippen LogP contribution in [0.4, 0.5) is 10.5 Å². The van der Waals surface area contributed by atoms with Crippen molar-refractivity contribution in [2.24, 2.45) is 0 Å². The fourth-order valence-corrected chi connectivity index (χ4v) is 5.66. The van der Waals surface area contributed by atoms with Crippen LogP contribution in [0.3, 0.4) is 0 Å². The number of anilines is 1. The molecule has 0 saturated carbocycles. The maximum absolute atomic E-state index is 12.8. The molecule has 2 aliphatic rings. The molecule has 4 heterocycles. The van der Waals surface area contributed by atoms with Crippen molar-refractivity contribution in [3.05, 3.63) is 18.5 Å².